The summed E-state index contributed by atoms with van der Waals surface area (Å²) in [5.74, 6) is 1.63. The first-order valence-corrected chi connectivity index (χ1v) is 9.12. The van der Waals surface area contributed by atoms with E-state index >= 15 is 0 Å². The number of ether oxygens (including phenoxy) is 1. The van der Waals surface area contributed by atoms with Gasteiger partial charge >= 0.3 is 0 Å². The zero-order chi connectivity index (χ0) is 17.7. The average molecular weight is 344 g/mol. The molecular formula is C20H28N2O3. The number of nitrogens with one attached hydrogen (secondary N) is 1. The lowest BCUT2D eigenvalue weighted by atomic mass is 9.85. The molecule has 2 aromatic rings. The van der Waals surface area contributed by atoms with Crippen LogP contribution in [0.4, 0.5) is 0 Å². The summed E-state index contributed by atoms with van der Waals surface area (Å²) in [5, 5.41) is 17.8. The van der Waals surface area contributed by atoms with Gasteiger partial charge in [-0.05, 0) is 44.4 Å². The van der Waals surface area contributed by atoms with Gasteiger partial charge in [0.25, 0.3) is 0 Å². The summed E-state index contributed by atoms with van der Waals surface area (Å²) in [4.78, 5) is 0. The molecule has 2 N–H and O–H groups in total. The monoisotopic (exact) mass is 344 g/mol. The zero-order valence-electron chi connectivity index (χ0n) is 15.2. The standard InChI is InChI=1S/C20H28N2O3/c1-15-19(16(2)25-22-15)13-24-18-8-6-17(7-9-18)12-21-14-20(23)10-4-3-5-11-20/h6-9,21,23H,3-5,10-14H2,1-2H3. The molecule has 0 spiro atoms. The second-order valence-corrected chi connectivity index (χ2v) is 7.12. The van der Waals surface area contributed by atoms with Crippen LogP contribution in [0.3, 0.4) is 0 Å². The van der Waals surface area contributed by atoms with Crippen molar-refractivity contribution in [1.29, 1.82) is 0 Å². The lowest BCUT2D eigenvalue weighted by Gasteiger charge is -2.32. The predicted octanol–water partition coefficient (Wildman–Crippen LogP) is 3.66. The summed E-state index contributed by atoms with van der Waals surface area (Å²) >= 11 is 0. The number of benzene rings is 1. The van der Waals surface area contributed by atoms with Gasteiger partial charge in [0.2, 0.25) is 0 Å². The Morgan fingerprint density at radius 3 is 2.52 bits per heavy atom. The fourth-order valence-corrected chi connectivity index (χ4v) is 3.39. The highest BCUT2D eigenvalue weighted by Crippen LogP contribution is 2.27. The lowest BCUT2D eigenvalue weighted by Crippen LogP contribution is -2.41. The van der Waals surface area contributed by atoms with E-state index in [1.165, 1.54) is 12.0 Å². The largest absolute Gasteiger partial charge is 0.489 e. The third kappa shape index (κ3) is 4.83. The number of nitrogens with zero attached hydrogens (tertiary/aromatic N) is 1. The second-order valence-electron chi connectivity index (χ2n) is 7.12. The summed E-state index contributed by atoms with van der Waals surface area (Å²) in [6.45, 7) is 5.70. The number of aromatic nitrogens is 1. The van der Waals surface area contributed by atoms with E-state index in [9.17, 15) is 5.11 Å². The van der Waals surface area contributed by atoms with E-state index in [0.717, 1.165) is 55.0 Å². The first-order valence-electron chi connectivity index (χ1n) is 9.12. The van der Waals surface area contributed by atoms with Crippen LogP contribution >= 0.6 is 0 Å². The third-order valence-corrected chi connectivity index (χ3v) is 5.06. The SMILES string of the molecule is Cc1noc(C)c1COc1ccc(CNCC2(O)CCCCC2)cc1. The van der Waals surface area contributed by atoms with Crippen molar-refractivity contribution in [1.82, 2.24) is 10.5 Å². The number of hydrogen-bond acceptors (Lipinski definition) is 5. The minimum absolute atomic E-state index is 0.464. The smallest absolute Gasteiger partial charge is 0.140 e. The molecular weight excluding hydrogens is 316 g/mol. The summed E-state index contributed by atoms with van der Waals surface area (Å²) in [5.41, 5.74) is 2.55. The maximum atomic E-state index is 10.5. The minimum atomic E-state index is -0.518. The number of aliphatic hydroxyl groups is 1. The molecule has 1 aliphatic rings. The van der Waals surface area contributed by atoms with Crippen LogP contribution in [0.2, 0.25) is 0 Å². The molecule has 3 rings (SSSR count). The predicted molar refractivity (Wildman–Crippen MR) is 96.5 cm³/mol. The molecule has 1 aromatic carbocycles. The van der Waals surface area contributed by atoms with Gasteiger partial charge < -0.3 is 19.7 Å². The molecule has 0 aliphatic heterocycles. The zero-order valence-corrected chi connectivity index (χ0v) is 15.2. The Kier molecular flexibility index (Phi) is 5.76. The van der Waals surface area contributed by atoms with E-state index in [0.29, 0.717) is 13.2 Å². The fourth-order valence-electron chi connectivity index (χ4n) is 3.39. The highest BCUT2D eigenvalue weighted by molar-refractivity contribution is 5.28. The molecule has 1 saturated carbocycles. The van der Waals surface area contributed by atoms with E-state index in [-0.39, 0.29) is 0 Å². The minimum Gasteiger partial charge on any atom is -0.489 e. The molecule has 5 heteroatoms. The van der Waals surface area contributed by atoms with Crippen molar-refractivity contribution in [3.05, 3.63) is 46.8 Å². The maximum absolute atomic E-state index is 10.5. The summed E-state index contributed by atoms with van der Waals surface area (Å²) in [6.07, 6.45) is 5.34. The van der Waals surface area contributed by atoms with Crippen LogP contribution in [0.15, 0.2) is 28.8 Å². The van der Waals surface area contributed by atoms with E-state index < -0.39 is 5.60 Å². The normalized spacial score (nSPS) is 16.8. The molecule has 1 heterocycles. The molecule has 1 aromatic heterocycles. The molecule has 0 amide bonds. The molecule has 0 radical (unpaired) electrons. The van der Waals surface area contributed by atoms with Crippen molar-refractivity contribution < 1.29 is 14.4 Å². The first kappa shape index (κ1) is 18.0. The van der Waals surface area contributed by atoms with Gasteiger partial charge in [-0.3, -0.25) is 0 Å². The van der Waals surface area contributed by atoms with Crippen LogP contribution in [0, 0.1) is 13.8 Å². The van der Waals surface area contributed by atoms with Gasteiger partial charge in [0.15, 0.2) is 0 Å². The first-order chi connectivity index (χ1) is 12.1. The van der Waals surface area contributed by atoms with E-state index in [1.807, 2.05) is 26.0 Å². The molecule has 1 fully saturated rings. The molecule has 25 heavy (non-hydrogen) atoms. The molecule has 0 bridgehead atoms. The van der Waals surface area contributed by atoms with Crippen molar-refractivity contribution in [3.8, 4) is 5.75 Å². The number of aryl methyl sites for hydroxylation is 2. The third-order valence-electron chi connectivity index (χ3n) is 5.06. The van der Waals surface area contributed by atoms with Crippen LogP contribution in [-0.4, -0.2) is 22.4 Å². The Bertz CT molecular complexity index is 653. The Hall–Kier alpha value is -1.85. The number of hydrogen-bond donors (Lipinski definition) is 2. The van der Waals surface area contributed by atoms with Gasteiger partial charge in [0.05, 0.1) is 16.9 Å². The molecule has 0 unspecified atom stereocenters. The van der Waals surface area contributed by atoms with E-state index in [4.69, 9.17) is 9.26 Å². The topological polar surface area (TPSA) is 67.5 Å². The Balaban J connectivity index is 1.45. The van der Waals surface area contributed by atoms with Crippen molar-refractivity contribution in [2.24, 2.45) is 0 Å². The van der Waals surface area contributed by atoms with Crippen LogP contribution in [-0.2, 0) is 13.2 Å². The van der Waals surface area contributed by atoms with Crippen LogP contribution in [0.25, 0.3) is 0 Å². The van der Waals surface area contributed by atoms with Crippen LogP contribution in [0.1, 0.15) is 54.7 Å². The maximum Gasteiger partial charge on any atom is 0.140 e. The van der Waals surface area contributed by atoms with Gasteiger partial charge in [-0.25, -0.2) is 0 Å². The Morgan fingerprint density at radius 1 is 1.16 bits per heavy atom. The number of rotatable bonds is 7. The summed E-state index contributed by atoms with van der Waals surface area (Å²) in [7, 11) is 0. The molecule has 136 valence electrons. The van der Waals surface area contributed by atoms with Crippen molar-refractivity contribution in [3.63, 3.8) is 0 Å². The van der Waals surface area contributed by atoms with Gasteiger partial charge in [-0.2, -0.15) is 0 Å². The summed E-state index contributed by atoms with van der Waals surface area (Å²) < 4.78 is 11.0. The van der Waals surface area contributed by atoms with Gasteiger partial charge in [-0.1, -0.05) is 36.6 Å². The van der Waals surface area contributed by atoms with Crippen molar-refractivity contribution in [2.45, 2.75) is 64.7 Å². The van der Waals surface area contributed by atoms with Crippen molar-refractivity contribution >= 4 is 0 Å². The quantitative estimate of drug-likeness (QED) is 0.802. The average Bonchev–Trinajstić information content (AvgIpc) is 2.93. The Morgan fingerprint density at radius 2 is 1.88 bits per heavy atom. The van der Waals surface area contributed by atoms with E-state index in [2.05, 4.69) is 22.6 Å². The summed E-state index contributed by atoms with van der Waals surface area (Å²) in [6, 6.07) is 8.07. The Labute approximate surface area is 149 Å². The van der Waals surface area contributed by atoms with Crippen molar-refractivity contribution in [2.75, 3.05) is 6.54 Å². The highest BCUT2D eigenvalue weighted by Gasteiger charge is 2.28. The molecule has 0 saturated heterocycles. The fraction of sp³-hybridized carbons (Fsp3) is 0.550. The molecule has 0 atom stereocenters. The highest BCUT2D eigenvalue weighted by atomic mass is 16.5. The van der Waals surface area contributed by atoms with E-state index in [1.54, 1.807) is 0 Å². The van der Waals surface area contributed by atoms with Gasteiger partial charge in [0.1, 0.15) is 18.1 Å². The van der Waals surface area contributed by atoms with Gasteiger partial charge in [-0.15, -0.1) is 0 Å². The second kappa shape index (κ2) is 8.02. The molecule has 1 aliphatic carbocycles. The van der Waals surface area contributed by atoms with Crippen LogP contribution in [0.5, 0.6) is 5.75 Å². The lowest BCUT2D eigenvalue weighted by molar-refractivity contribution is 0.00467. The van der Waals surface area contributed by atoms with Gasteiger partial charge in [0, 0.05) is 13.1 Å². The van der Waals surface area contributed by atoms with Crippen LogP contribution < -0.4 is 10.1 Å². The molecule has 5 nitrogen and oxygen atoms in total.